The molecule has 2 nitrogen and oxygen atoms in total. The van der Waals surface area contributed by atoms with Crippen molar-refractivity contribution in [3.63, 3.8) is 0 Å². The van der Waals surface area contributed by atoms with Gasteiger partial charge in [-0.25, -0.2) is 0 Å². The van der Waals surface area contributed by atoms with Gasteiger partial charge in [-0.05, 0) is 63.7 Å². The Morgan fingerprint density at radius 2 is 1.93 bits per heavy atom. The van der Waals surface area contributed by atoms with Crippen LogP contribution in [0.2, 0.25) is 0 Å². The number of hydrogen-bond donors (Lipinski definition) is 1. The highest BCUT2D eigenvalue weighted by atomic mass is 15.1. The van der Waals surface area contributed by atoms with E-state index in [1.807, 2.05) is 0 Å². The van der Waals surface area contributed by atoms with Gasteiger partial charge in [-0.1, -0.05) is 13.3 Å². The van der Waals surface area contributed by atoms with E-state index in [0.717, 1.165) is 5.92 Å². The largest absolute Gasteiger partial charge is 0.319 e. The molecule has 15 heavy (non-hydrogen) atoms. The first kappa shape index (κ1) is 11.4. The van der Waals surface area contributed by atoms with Crippen molar-refractivity contribution in [2.75, 3.05) is 33.2 Å². The first-order valence-electron chi connectivity index (χ1n) is 6.59. The molecule has 0 spiro atoms. The third kappa shape index (κ3) is 2.94. The van der Waals surface area contributed by atoms with Crippen molar-refractivity contribution in [1.29, 1.82) is 0 Å². The van der Waals surface area contributed by atoms with Gasteiger partial charge in [0.2, 0.25) is 0 Å². The van der Waals surface area contributed by atoms with E-state index in [1.165, 1.54) is 58.3 Å². The highest BCUT2D eigenvalue weighted by Gasteiger charge is 2.34. The standard InChI is InChI=1S/C13H26N2/c1-13(6-3-7-13)11-15-8-4-12(5-9-15)10-14-2/h12,14H,3-11H2,1-2H3. The minimum Gasteiger partial charge on any atom is -0.319 e. The molecule has 1 saturated carbocycles. The van der Waals surface area contributed by atoms with Gasteiger partial charge in [0.1, 0.15) is 0 Å². The molecule has 0 unspecified atom stereocenters. The predicted molar refractivity (Wildman–Crippen MR) is 65.0 cm³/mol. The van der Waals surface area contributed by atoms with Crippen LogP contribution in [0.1, 0.15) is 39.0 Å². The van der Waals surface area contributed by atoms with Crippen LogP contribution in [0.25, 0.3) is 0 Å². The summed E-state index contributed by atoms with van der Waals surface area (Å²) < 4.78 is 0. The maximum absolute atomic E-state index is 3.30. The molecule has 1 N–H and O–H groups in total. The average molecular weight is 210 g/mol. The van der Waals surface area contributed by atoms with Gasteiger partial charge >= 0.3 is 0 Å². The van der Waals surface area contributed by atoms with Crippen LogP contribution in [-0.2, 0) is 0 Å². The lowest BCUT2D eigenvalue weighted by molar-refractivity contribution is 0.0640. The number of likely N-dealkylation sites (tertiary alicyclic amines) is 1. The summed E-state index contributed by atoms with van der Waals surface area (Å²) in [5.74, 6) is 0.931. The van der Waals surface area contributed by atoms with Crippen molar-refractivity contribution < 1.29 is 0 Å². The van der Waals surface area contributed by atoms with Crippen molar-refractivity contribution in [2.24, 2.45) is 11.3 Å². The zero-order valence-electron chi connectivity index (χ0n) is 10.4. The maximum atomic E-state index is 3.30. The maximum Gasteiger partial charge on any atom is 0.00353 e. The Bertz CT molecular complexity index is 191. The Kier molecular flexibility index (Phi) is 3.68. The average Bonchev–Trinajstić information content (AvgIpc) is 2.19. The minimum absolute atomic E-state index is 0.676. The first-order chi connectivity index (χ1) is 7.22. The minimum atomic E-state index is 0.676. The number of piperidine rings is 1. The monoisotopic (exact) mass is 210 g/mol. The summed E-state index contributed by atoms with van der Waals surface area (Å²) in [6.45, 7) is 7.71. The van der Waals surface area contributed by atoms with Gasteiger partial charge in [-0.2, -0.15) is 0 Å². The fourth-order valence-electron chi connectivity index (χ4n) is 3.12. The molecule has 0 atom stereocenters. The fraction of sp³-hybridized carbons (Fsp3) is 1.00. The van der Waals surface area contributed by atoms with Gasteiger partial charge in [0.25, 0.3) is 0 Å². The second-order valence-electron chi connectivity index (χ2n) is 5.94. The lowest BCUT2D eigenvalue weighted by atomic mass is 9.70. The summed E-state index contributed by atoms with van der Waals surface area (Å²) >= 11 is 0. The van der Waals surface area contributed by atoms with Crippen LogP contribution < -0.4 is 5.32 Å². The van der Waals surface area contributed by atoms with Gasteiger partial charge in [0.05, 0.1) is 0 Å². The Morgan fingerprint density at radius 1 is 1.27 bits per heavy atom. The number of nitrogens with zero attached hydrogens (tertiary/aromatic N) is 1. The second kappa shape index (κ2) is 4.84. The summed E-state index contributed by atoms with van der Waals surface area (Å²) in [4.78, 5) is 2.70. The third-order valence-corrected chi connectivity index (χ3v) is 4.37. The van der Waals surface area contributed by atoms with E-state index in [2.05, 4.69) is 24.2 Å². The smallest absolute Gasteiger partial charge is 0.00353 e. The van der Waals surface area contributed by atoms with E-state index in [1.54, 1.807) is 0 Å². The molecule has 1 aliphatic carbocycles. The molecule has 1 heterocycles. The molecule has 0 aromatic rings. The molecule has 0 bridgehead atoms. The van der Waals surface area contributed by atoms with E-state index in [4.69, 9.17) is 0 Å². The van der Waals surface area contributed by atoms with E-state index < -0.39 is 0 Å². The lowest BCUT2D eigenvalue weighted by Gasteiger charge is -2.44. The quantitative estimate of drug-likeness (QED) is 0.764. The summed E-state index contributed by atoms with van der Waals surface area (Å²) in [5.41, 5.74) is 0.676. The Morgan fingerprint density at radius 3 is 2.40 bits per heavy atom. The van der Waals surface area contributed by atoms with E-state index in [0.29, 0.717) is 5.41 Å². The molecular weight excluding hydrogens is 184 g/mol. The summed E-state index contributed by atoms with van der Waals surface area (Å²) in [6, 6.07) is 0. The van der Waals surface area contributed by atoms with Crippen LogP contribution in [0.5, 0.6) is 0 Å². The SMILES string of the molecule is CNCC1CCN(CC2(C)CCC2)CC1. The van der Waals surface area contributed by atoms with Crippen LogP contribution in [-0.4, -0.2) is 38.1 Å². The van der Waals surface area contributed by atoms with E-state index in [9.17, 15) is 0 Å². The van der Waals surface area contributed by atoms with Gasteiger partial charge in [0, 0.05) is 6.54 Å². The zero-order chi connectivity index (χ0) is 10.7. The Balaban J connectivity index is 1.69. The highest BCUT2D eigenvalue weighted by Crippen LogP contribution is 2.41. The van der Waals surface area contributed by atoms with Gasteiger partial charge < -0.3 is 10.2 Å². The van der Waals surface area contributed by atoms with Crippen LogP contribution in [0.15, 0.2) is 0 Å². The molecule has 88 valence electrons. The van der Waals surface area contributed by atoms with Gasteiger partial charge in [-0.3, -0.25) is 0 Å². The van der Waals surface area contributed by atoms with Crippen LogP contribution >= 0.6 is 0 Å². The fourth-order valence-corrected chi connectivity index (χ4v) is 3.12. The van der Waals surface area contributed by atoms with Crippen LogP contribution in [0.4, 0.5) is 0 Å². The molecule has 0 radical (unpaired) electrons. The molecule has 2 fully saturated rings. The summed E-state index contributed by atoms with van der Waals surface area (Å²) in [5, 5.41) is 3.30. The molecule has 2 heteroatoms. The first-order valence-corrected chi connectivity index (χ1v) is 6.59. The van der Waals surface area contributed by atoms with Crippen molar-refractivity contribution >= 4 is 0 Å². The normalized spacial score (nSPS) is 27.6. The third-order valence-electron chi connectivity index (χ3n) is 4.37. The summed E-state index contributed by atoms with van der Waals surface area (Å²) in [6.07, 6.45) is 7.19. The van der Waals surface area contributed by atoms with E-state index in [-0.39, 0.29) is 0 Å². The molecule has 1 aliphatic heterocycles. The Hall–Kier alpha value is -0.0800. The second-order valence-corrected chi connectivity index (χ2v) is 5.94. The highest BCUT2D eigenvalue weighted by molar-refractivity contribution is 4.87. The lowest BCUT2D eigenvalue weighted by Crippen LogP contribution is -2.44. The van der Waals surface area contributed by atoms with Crippen molar-refractivity contribution in [1.82, 2.24) is 10.2 Å². The number of hydrogen-bond acceptors (Lipinski definition) is 2. The molecular formula is C13H26N2. The number of nitrogens with one attached hydrogen (secondary N) is 1. The van der Waals surface area contributed by atoms with Crippen molar-refractivity contribution in [3.8, 4) is 0 Å². The molecule has 0 amide bonds. The van der Waals surface area contributed by atoms with Crippen molar-refractivity contribution in [3.05, 3.63) is 0 Å². The van der Waals surface area contributed by atoms with Gasteiger partial charge in [-0.15, -0.1) is 0 Å². The Labute approximate surface area is 94.4 Å². The van der Waals surface area contributed by atoms with Crippen LogP contribution in [0, 0.1) is 11.3 Å². The number of rotatable bonds is 4. The van der Waals surface area contributed by atoms with Crippen LogP contribution in [0.3, 0.4) is 0 Å². The topological polar surface area (TPSA) is 15.3 Å². The molecule has 2 aliphatic rings. The van der Waals surface area contributed by atoms with E-state index >= 15 is 0 Å². The van der Waals surface area contributed by atoms with Crippen molar-refractivity contribution in [2.45, 2.75) is 39.0 Å². The molecule has 2 rings (SSSR count). The zero-order valence-corrected chi connectivity index (χ0v) is 10.4. The molecule has 0 aromatic heterocycles. The summed E-state index contributed by atoms with van der Waals surface area (Å²) in [7, 11) is 2.07. The predicted octanol–water partition coefficient (Wildman–Crippen LogP) is 2.11. The van der Waals surface area contributed by atoms with Gasteiger partial charge in [0.15, 0.2) is 0 Å². The molecule has 0 aromatic carbocycles. The molecule has 1 saturated heterocycles.